The van der Waals surface area contributed by atoms with E-state index in [4.69, 9.17) is 0 Å². The molecule has 0 aliphatic carbocycles. The number of ketones is 1. The Bertz CT molecular complexity index is 1150. The van der Waals surface area contributed by atoms with E-state index in [1.165, 1.54) is 11.1 Å². The number of nitriles is 1. The number of thioether (sulfide) groups is 1. The van der Waals surface area contributed by atoms with Crippen LogP contribution in [0.4, 0.5) is 0 Å². The standard InChI is InChI=1S/C24H25N5OS.ClH/c1-17-4-7-23(13-21(17)14-25)29-16-26-27-24(29)31-11-3-9-28-10-8-19-5-6-20(18(2)30)12-22(19)15-28;/h4-7,12-13,16H,3,8-11,15H2,1-2H3;1H. The Hall–Kier alpha value is -2.66. The van der Waals surface area contributed by atoms with E-state index in [-0.39, 0.29) is 18.2 Å². The van der Waals surface area contributed by atoms with Crippen LogP contribution in [0.2, 0.25) is 0 Å². The number of benzene rings is 2. The second kappa shape index (κ2) is 10.8. The van der Waals surface area contributed by atoms with E-state index in [1.54, 1.807) is 25.0 Å². The number of hydrogen-bond donors (Lipinski definition) is 0. The van der Waals surface area contributed by atoms with Crippen molar-refractivity contribution < 1.29 is 4.79 Å². The highest BCUT2D eigenvalue weighted by atomic mass is 35.5. The number of halogens is 1. The summed E-state index contributed by atoms with van der Waals surface area (Å²) in [4.78, 5) is 14.1. The van der Waals surface area contributed by atoms with Crippen molar-refractivity contribution in [2.24, 2.45) is 0 Å². The van der Waals surface area contributed by atoms with Crippen molar-refractivity contribution in [1.82, 2.24) is 19.7 Å². The Labute approximate surface area is 199 Å². The number of carbonyl (C=O) groups excluding carboxylic acids is 1. The Balaban J connectivity index is 0.00000289. The molecule has 32 heavy (non-hydrogen) atoms. The summed E-state index contributed by atoms with van der Waals surface area (Å²) in [5.41, 5.74) is 5.97. The van der Waals surface area contributed by atoms with Gasteiger partial charge in [0, 0.05) is 24.4 Å². The molecule has 3 aromatic rings. The number of aromatic nitrogens is 3. The van der Waals surface area contributed by atoms with Gasteiger partial charge in [0.25, 0.3) is 0 Å². The van der Waals surface area contributed by atoms with Crippen LogP contribution in [0.25, 0.3) is 5.69 Å². The van der Waals surface area contributed by atoms with Crippen molar-refractivity contribution in [3.63, 3.8) is 0 Å². The Morgan fingerprint density at radius 3 is 2.84 bits per heavy atom. The third-order valence-electron chi connectivity index (χ3n) is 5.69. The van der Waals surface area contributed by atoms with Gasteiger partial charge in [-0.1, -0.05) is 30.0 Å². The maximum absolute atomic E-state index is 11.7. The molecule has 1 aliphatic heterocycles. The second-order valence-corrected chi connectivity index (χ2v) is 8.92. The van der Waals surface area contributed by atoms with Crippen LogP contribution in [0.5, 0.6) is 0 Å². The van der Waals surface area contributed by atoms with Crippen LogP contribution in [0.1, 0.15) is 46.0 Å². The van der Waals surface area contributed by atoms with Crippen molar-refractivity contribution in [3.05, 3.63) is 70.5 Å². The number of rotatable bonds is 7. The lowest BCUT2D eigenvalue weighted by molar-refractivity contribution is 0.101. The normalized spacial score (nSPS) is 13.2. The molecule has 6 nitrogen and oxygen atoms in total. The molecule has 0 spiro atoms. The largest absolute Gasteiger partial charge is 0.299 e. The van der Waals surface area contributed by atoms with E-state index in [0.29, 0.717) is 5.56 Å². The summed E-state index contributed by atoms with van der Waals surface area (Å²) >= 11 is 1.68. The molecule has 0 bridgehead atoms. The van der Waals surface area contributed by atoms with E-state index >= 15 is 0 Å². The number of nitrogens with zero attached hydrogens (tertiary/aromatic N) is 5. The summed E-state index contributed by atoms with van der Waals surface area (Å²) in [5.74, 6) is 1.06. The van der Waals surface area contributed by atoms with E-state index in [1.807, 2.05) is 35.8 Å². The van der Waals surface area contributed by atoms with Crippen LogP contribution in [-0.2, 0) is 13.0 Å². The van der Waals surface area contributed by atoms with Crippen molar-refractivity contribution in [1.29, 1.82) is 5.26 Å². The van der Waals surface area contributed by atoms with Gasteiger partial charge in [0.05, 0.1) is 17.3 Å². The number of aryl methyl sites for hydroxylation is 1. The van der Waals surface area contributed by atoms with Gasteiger partial charge in [-0.3, -0.25) is 14.3 Å². The fourth-order valence-corrected chi connectivity index (χ4v) is 4.71. The van der Waals surface area contributed by atoms with Gasteiger partial charge in [0.1, 0.15) is 6.33 Å². The van der Waals surface area contributed by atoms with Crippen LogP contribution in [-0.4, -0.2) is 44.3 Å². The minimum absolute atomic E-state index is 0. The topological polar surface area (TPSA) is 74.8 Å². The Morgan fingerprint density at radius 1 is 1.22 bits per heavy atom. The van der Waals surface area contributed by atoms with Gasteiger partial charge < -0.3 is 0 Å². The smallest absolute Gasteiger partial charge is 0.195 e. The Morgan fingerprint density at radius 2 is 2.06 bits per heavy atom. The van der Waals surface area contributed by atoms with Crippen molar-refractivity contribution >= 4 is 30.0 Å². The first-order valence-electron chi connectivity index (χ1n) is 10.4. The zero-order valence-corrected chi connectivity index (χ0v) is 19.9. The van der Waals surface area contributed by atoms with Crippen molar-refractivity contribution in [2.45, 2.75) is 38.4 Å². The zero-order chi connectivity index (χ0) is 21.8. The molecule has 0 fully saturated rings. The van der Waals surface area contributed by atoms with Gasteiger partial charge in [-0.25, -0.2) is 0 Å². The third kappa shape index (κ3) is 5.39. The fraction of sp³-hybridized carbons (Fsp3) is 0.333. The first-order valence-corrected chi connectivity index (χ1v) is 11.4. The second-order valence-electron chi connectivity index (χ2n) is 7.86. The fourth-order valence-electron chi connectivity index (χ4n) is 3.86. The van der Waals surface area contributed by atoms with Crippen LogP contribution in [0.3, 0.4) is 0 Å². The molecule has 0 unspecified atom stereocenters. The minimum Gasteiger partial charge on any atom is -0.299 e. The molecule has 2 heterocycles. The number of hydrogen-bond acceptors (Lipinski definition) is 6. The molecule has 0 atom stereocenters. The summed E-state index contributed by atoms with van der Waals surface area (Å²) in [5, 5.41) is 18.5. The summed E-state index contributed by atoms with van der Waals surface area (Å²) in [6.07, 6.45) is 3.77. The Kier molecular flexibility index (Phi) is 8.08. The lowest BCUT2D eigenvalue weighted by Crippen LogP contribution is -2.31. The first kappa shape index (κ1) is 24.0. The summed E-state index contributed by atoms with van der Waals surface area (Å²) < 4.78 is 1.94. The molecule has 0 amide bonds. The van der Waals surface area contributed by atoms with E-state index in [2.05, 4.69) is 33.3 Å². The lowest BCUT2D eigenvalue weighted by Gasteiger charge is -2.29. The number of Topliss-reactive ketones (excluding diaryl/α,β-unsaturated/α-hetero) is 1. The van der Waals surface area contributed by atoms with E-state index in [9.17, 15) is 10.1 Å². The highest BCUT2D eigenvalue weighted by Crippen LogP contribution is 2.24. The average molecular weight is 468 g/mol. The van der Waals surface area contributed by atoms with Gasteiger partial charge >= 0.3 is 0 Å². The maximum atomic E-state index is 11.7. The van der Waals surface area contributed by atoms with Gasteiger partial charge in [0.15, 0.2) is 10.9 Å². The molecule has 2 aromatic carbocycles. The molecule has 0 N–H and O–H groups in total. The quantitative estimate of drug-likeness (QED) is 0.287. The average Bonchev–Trinajstić information content (AvgIpc) is 3.25. The molecule has 0 saturated carbocycles. The number of fused-ring (bicyclic) bond motifs is 1. The van der Waals surface area contributed by atoms with E-state index < -0.39 is 0 Å². The SMILES string of the molecule is CC(=O)c1ccc2c(c1)CN(CCCSc1nncn1-c1ccc(C)c(C#N)c1)CC2.Cl. The molecular weight excluding hydrogens is 442 g/mol. The summed E-state index contributed by atoms with van der Waals surface area (Å²) in [7, 11) is 0. The molecule has 0 radical (unpaired) electrons. The maximum Gasteiger partial charge on any atom is 0.195 e. The highest BCUT2D eigenvalue weighted by Gasteiger charge is 2.17. The predicted molar refractivity (Wildman–Crippen MR) is 129 cm³/mol. The molecule has 1 aromatic heterocycles. The van der Waals surface area contributed by atoms with Crippen LogP contribution in [0, 0.1) is 18.3 Å². The predicted octanol–water partition coefficient (Wildman–Crippen LogP) is 4.61. The molecule has 1 aliphatic rings. The first-order chi connectivity index (χ1) is 15.0. The van der Waals surface area contributed by atoms with Gasteiger partial charge in [-0.2, -0.15) is 5.26 Å². The summed E-state index contributed by atoms with van der Waals surface area (Å²) in [6, 6.07) is 14.2. The molecule has 166 valence electrons. The summed E-state index contributed by atoms with van der Waals surface area (Å²) in [6.45, 7) is 6.51. The van der Waals surface area contributed by atoms with Crippen molar-refractivity contribution in [3.8, 4) is 11.8 Å². The molecule has 0 saturated heterocycles. The van der Waals surface area contributed by atoms with Crippen LogP contribution < -0.4 is 0 Å². The minimum atomic E-state index is 0. The monoisotopic (exact) mass is 467 g/mol. The van der Waals surface area contributed by atoms with Gasteiger partial charge in [0.2, 0.25) is 0 Å². The number of carbonyl (C=O) groups is 1. The van der Waals surface area contributed by atoms with Crippen LogP contribution in [0.15, 0.2) is 47.9 Å². The molecular formula is C24H26ClN5OS. The zero-order valence-electron chi connectivity index (χ0n) is 18.2. The third-order valence-corrected chi connectivity index (χ3v) is 6.72. The van der Waals surface area contributed by atoms with Gasteiger partial charge in [-0.15, -0.1) is 22.6 Å². The molecule has 8 heteroatoms. The van der Waals surface area contributed by atoms with Crippen molar-refractivity contribution in [2.75, 3.05) is 18.8 Å². The van der Waals surface area contributed by atoms with Crippen LogP contribution >= 0.6 is 24.2 Å². The lowest BCUT2D eigenvalue weighted by atomic mass is 9.96. The highest BCUT2D eigenvalue weighted by molar-refractivity contribution is 7.99. The van der Waals surface area contributed by atoms with Gasteiger partial charge in [-0.05, 0) is 68.1 Å². The van der Waals surface area contributed by atoms with E-state index in [0.717, 1.165) is 60.2 Å². The molecule has 4 rings (SSSR count).